The summed E-state index contributed by atoms with van der Waals surface area (Å²) in [6.45, 7) is 3.96. The third-order valence-electron chi connectivity index (χ3n) is 3.65. The quantitative estimate of drug-likeness (QED) is 0.819. The first kappa shape index (κ1) is 12.9. The van der Waals surface area contributed by atoms with E-state index in [1.54, 1.807) is 0 Å². The fourth-order valence-electron chi connectivity index (χ4n) is 2.77. The largest absolute Gasteiger partial charge is 0.507 e. The molecule has 0 amide bonds. The first-order valence-corrected chi connectivity index (χ1v) is 6.88. The van der Waals surface area contributed by atoms with Crippen molar-refractivity contribution in [2.24, 2.45) is 0 Å². The molecule has 2 aromatic carbocycles. The molecular formula is C17H18O3. The molecule has 0 radical (unpaired) electrons. The van der Waals surface area contributed by atoms with Gasteiger partial charge in [-0.3, -0.25) is 0 Å². The highest BCUT2D eigenvalue weighted by atomic mass is 16.5. The topological polar surface area (TPSA) is 49.7 Å². The van der Waals surface area contributed by atoms with Gasteiger partial charge in [0.15, 0.2) is 0 Å². The number of fused-ring (bicyclic) bond motifs is 2. The molecule has 0 saturated heterocycles. The number of phenols is 2. The van der Waals surface area contributed by atoms with Crippen LogP contribution in [0.2, 0.25) is 0 Å². The molecule has 20 heavy (non-hydrogen) atoms. The maximum atomic E-state index is 10.5. The third-order valence-corrected chi connectivity index (χ3v) is 3.65. The Morgan fingerprint density at radius 1 is 1.00 bits per heavy atom. The van der Waals surface area contributed by atoms with Gasteiger partial charge in [-0.2, -0.15) is 0 Å². The first-order chi connectivity index (χ1) is 9.58. The maximum Gasteiger partial charge on any atom is 0.127 e. The minimum Gasteiger partial charge on any atom is -0.507 e. The van der Waals surface area contributed by atoms with Crippen LogP contribution in [-0.2, 0) is 17.6 Å². The Hall–Kier alpha value is -2.16. The van der Waals surface area contributed by atoms with Crippen molar-refractivity contribution in [3.63, 3.8) is 0 Å². The van der Waals surface area contributed by atoms with Crippen LogP contribution in [0.25, 0.3) is 10.8 Å². The van der Waals surface area contributed by atoms with Gasteiger partial charge in [-0.05, 0) is 26.3 Å². The highest BCUT2D eigenvalue weighted by molar-refractivity contribution is 5.95. The van der Waals surface area contributed by atoms with Crippen LogP contribution in [0.3, 0.4) is 0 Å². The Morgan fingerprint density at radius 3 is 2.20 bits per heavy atom. The van der Waals surface area contributed by atoms with Crippen molar-refractivity contribution in [2.45, 2.75) is 32.8 Å². The second-order valence-electron chi connectivity index (χ2n) is 5.42. The van der Waals surface area contributed by atoms with Crippen molar-refractivity contribution in [2.75, 3.05) is 0 Å². The van der Waals surface area contributed by atoms with Gasteiger partial charge in [-0.15, -0.1) is 0 Å². The van der Waals surface area contributed by atoms with Gasteiger partial charge in [-0.1, -0.05) is 24.3 Å². The summed E-state index contributed by atoms with van der Waals surface area (Å²) in [5, 5.41) is 22.3. The van der Waals surface area contributed by atoms with Gasteiger partial charge in [0.05, 0.1) is 11.9 Å². The fourth-order valence-corrected chi connectivity index (χ4v) is 2.77. The lowest BCUT2D eigenvalue weighted by atomic mass is 9.90. The van der Waals surface area contributed by atoms with Crippen molar-refractivity contribution in [1.29, 1.82) is 0 Å². The molecule has 0 unspecified atom stereocenters. The fraction of sp³-hybridized carbons (Fsp3) is 0.294. The minimum absolute atomic E-state index is 0.110. The Morgan fingerprint density at radius 2 is 1.60 bits per heavy atom. The molecule has 0 aromatic heterocycles. The molecule has 1 aliphatic carbocycles. The van der Waals surface area contributed by atoms with Crippen molar-refractivity contribution in [1.82, 2.24) is 0 Å². The van der Waals surface area contributed by atoms with Gasteiger partial charge in [0, 0.05) is 28.3 Å². The molecule has 0 heterocycles. The van der Waals surface area contributed by atoms with Gasteiger partial charge < -0.3 is 14.9 Å². The highest BCUT2D eigenvalue weighted by Gasteiger charge is 2.22. The lowest BCUT2D eigenvalue weighted by Gasteiger charge is -2.22. The van der Waals surface area contributed by atoms with Crippen molar-refractivity contribution >= 4 is 10.8 Å². The van der Waals surface area contributed by atoms with E-state index in [0.29, 0.717) is 23.6 Å². The number of phenolic OH excluding ortho intramolecular Hbond substituents is 2. The van der Waals surface area contributed by atoms with Crippen LogP contribution in [0.4, 0.5) is 0 Å². The van der Waals surface area contributed by atoms with Crippen LogP contribution in [0, 0.1) is 0 Å². The molecule has 3 heteroatoms. The van der Waals surface area contributed by atoms with Crippen molar-refractivity contribution in [3.8, 4) is 11.5 Å². The number of rotatable bonds is 2. The van der Waals surface area contributed by atoms with Crippen LogP contribution in [0.15, 0.2) is 36.1 Å². The molecular weight excluding hydrogens is 252 g/mol. The van der Waals surface area contributed by atoms with Crippen molar-refractivity contribution in [3.05, 3.63) is 47.2 Å². The Kier molecular flexibility index (Phi) is 3.05. The standard InChI is InChI=1S/C17H18O3/c1-10(2)20-11-7-8-14-15(9-11)17(19)13-6-4-3-5-12(13)16(14)18/h3-7,10,18-19H,8-9H2,1-2H3. The summed E-state index contributed by atoms with van der Waals surface area (Å²) in [6.07, 6.45) is 3.20. The summed E-state index contributed by atoms with van der Waals surface area (Å²) < 4.78 is 5.72. The van der Waals surface area contributed by atoms with Gasteiger partial charge in [0.2, 0.25) is 0 Å². The summed E-state index contributed by atoms with van der Waals surface area (Å²) in [5.41, 5.74) is 1.58. The molecule has 2 N–H and O–H groups in total. The predicted octanol–water partition coefficient (Wildman–Crippen LogP) is 3.66. The average molecular weight is 270 g/mol. The van der Waals surface area contributed by atoms with Crippen LogP contribution < -0.4 is 0 Å². The number of aromatic hydroxyl groups is 2. The number of ether oxygens (including phenoxy) is 1. The van der Waals surface area contributed by atoms with Crippen molar-refractivity contribution < 1.29 is 14.9 Å². The number of benzene rings is 2. The smallest absolute Gasteiger partial charge is 0.127 e. The molecule has 104 valence electrons. The van der Waals surface area contributed by atoms with Crippen LogP contribution >= 0.6 is 0 Å². The van der Waals surface area contributed by atoms with E-state index in [-0.39, 0.29) is 17.6 Å². The SMILES string of the molecule is CC(C)OC1=CCc2c(c(O)c3ccccc3c2O)C1. The van der Waals surface area contributed by atoms with E-state index < -0.39 is 0 Å². The molecule has 0 bridgehead atoms. The van der Waals surface area contributed by atoms with E-state index in [0.717, 1.165) is 16.9 Å². The first-order valence-electron chi connectivity index (χ1n) is 6.88. The average Bonchev–Trinajstić information content (AvgIpc) is 2.44. The molecule has 2 aromatic rings. The summed E-state index contributed by atoms with van der Waals surface area (Å²) in [6, 6.07) is 7.37. The Balaban J connectivity index is 2.13. The molecule has 0 fully saturated rings. The van der Waals surface area contributed by atoms with E-state index >= 15 is 0 Å². The second-order valence-corrected chi connectivity index (χ2v) is 5.42. The lowest BCUT2D eigenvalue weighted by Crippen LogP contribution is -2.10. The summed E-state index contributed by atoms with van der Waals surface area (Å²) >= 11 is 0. The lowest BCUT2D eigenvalue weighted by molar-refractivity contribution is 0.141. The molecule has 0 saturated carbocycles. The summed E-state index contributed by atoms with van der Waals surface area (Å²) in [7, 11) is 0. The normalized spacial score (nSPS) is 14.2. The molecule has 3 nitrogen and oxygen atoms in total. The number of hydrogen-bond acceptors (Lipinski definition) is 3. The van der Waals surface area contributed by atoms with E-state index in [1.165, 1.54) is 0 Å². The van der Waals surface area contributed by atoms with Crippen LogP contribution in [0.5, 0.6) is 11.5 Å². The van der Waals surface area contributed by atoms with Crippen LogP contribution in [0.1, 0.15) is 25.0 Å². The zero-order chi connectivity index (χ0) is 14.3. The zero-order valence-corrected chi connectivity index (χ0v) is 11.7. The van der Waals surface area contributed by atoms with Gasteiger partial charge >= 0.3 is 0 Å². The third kappa shape index (κ3) is 1.99. The van der Waals surface area contributed by atoms with E-state index in [9.17, 15) is 10.2 Å². The molecule has 0 aliphatic heterocycles. The molecule has 0 atom stereocenters. The monoisotopic (exact) mass is 270 g/mol. The van der Waals surface area contributed by atoms with E-state index in [2.05, 4.69) is 0 Å². The summed E-state index contributed by atoms with van der Waals surface area (Å²) in [5.74, 6) is 1.39. The Bertz CT molecular complexity index is 699. The minimum atomic E-state index is 0.110. The molecule has 1 aliphatic rings. The van der Waals surface area contributed by atoms with Gasteiger partial charge in [0.25, 0.3) is 0 Å². The number of allylic oxidation sites excluding steroid dienone is 2. The predicted molar refractivity (Wildman–Crippen MR) is 79.0 cm³/mol. The highest BCUT2D eigenvalue weighted by Crippen LogP contribution is 2.42. The van der Waals surface area contributed by atoms with E-state index in [4.69, 9.17) is 4.74 Å². The van der Waals surface area contributed by atoms with Crippen LogP contribution in [-0.4, -0.2) is 16.3 Å². The maximum absolute atomic E-state index is 10.5. The van der Waals surface area contributed by atoms with Gasteiger partial charge in [0.1, 0.15) is 11.5 Å². The molecule has 3 rings (SSSR count). The molecule has 0 spiro atoms. The van der Waals surface area contributed by atoms with E-state index in [1.807, 2.05) is 44.2 Å². The summed E-state index contributed by atoms with van der Waals surface area (Å²) in [4.78, 5) is 0. The van der Waals surface area contributed by atoms with Gasteiger partial charge in [-0.25, -0.2) is 0 Å². The Labute approximate surface area is 118 Å². The number of hydrogen-bond donors (Lipinski definition) is 2. The zero-order valence-electron chi connectivity index (χ0n) is 11.7. The second kappa shape index (κ2) is 4.75.